The maximum atomic E-state index is 14.0. The monoisotopic (exact) mass is 297 g/mol. The first-order valence-electron chi connectivity index (χ1n) is 7.47. The molecule has 1 aromatic rings. The number of nitrogens with one attached hydrogen (secondary N) is 1. The first-order chi connectivity index (χ1) is 10.1. The van der Waals surface area contributed by atoms with Gasteiger partial charge in [0, 0.05) is 25.8 Å². The number of hydrogen-bond acceptors (Lipinski definition) is 4. The molecular formula is C16H24FNO3. The van der Waals surface area contributed by atoms with Crippen molar-refractivity contribution in [2.45, 2.75) is 37.8 Å². The second-order valence-corrected chi connectivity index (χ2v) is 5.62. The zero-order valence-corrected chi connectivity index (χ0v) is 12.5. The van der Waals surface area contributed by atoms with Crippen molar-refractivity contribution in [2.75, 3.05) is 26.9 Å². The van der Waals surface area contributed by atoms with Gasteiger partial charge in [0.25, 0.3) is 0 Å². The molecule has 1 saturated carbocycles. The van der Waals surface area contributed by atoms with Crippen molar-refractivity contribution in [2.24, 2.45) is 0 Å². The van der Waals surface area contributed by atoms with E-state index in [9.17, 15) is 9.50 Å². The molecule has 1 aliphatic rings. The van der Waals surface area contributed by atoms with Gasteiger partial charge in [0.2, 0.25) is 0 Å². The van der Waals surface area contributed by atoms with Gasteiger partial charge in [-0.15, -0.1) is 0 Å². The van der Waals surface area contributed by atoms with Crippen LogP contribution in [-0.2, 0) is 11.3 Å². The van der Waals surface area contributed by atoms with Gasteiger partial charge in [-0.3, -0.25) is 0 Å². The maximum Gasteiger partial charge on any atom is 0.165 e. The molecule has 1 aromatic carbocycles. The summed E-state index contributed by atoms with van der Waals surface area (Å²) in [5.74, 6) is -0.148. The smallest absolute Gasteiger partial charge is 0.165 e. The number of benzene rings is 1. The molecule has 0 amide bonds. The number of methoxy groups -OCH3 is 1. The zero-order valence-electron chi connectivity index (χ0n) is 12.5. The van der Waals surface area contributed by atoms with E-state index in [1.54, 1.807) is 13.2 Å². The lowest BCUT2D eigenvalue weighted by Gasteiger charge is -2.23. The minimum atomic E-state index is -0.803. The van der Waals surface area contributed by atoms with E-state index in [1.165, 1.54) is 6.07 Å². The van der Waals surface area contributed by atoms with Crippen molar-refractivity contribution in [3.8, 4) is 5.75 Å². The maximum absolute atomic E-state index is 14.0. The van der Waals surface area contributed by atoms with Crippen molar-refractivity contribution in [1.82, 2.24) is 5.32 Å². The van der Waals surface area contributed by atoms with Crippen molar-refractivity contribution in [1.29, 1.82) is 0 Å². The highest BCUT2D eigenvalue weighted by molar-refractivity contribution is 5.35. The quantitative estimate of drug-likeness (QED) is 0.723. The largest absolute Gasteiger partial charge is 0.487 e. The Morgan fingerprint density at radius 2 is 2.10 bits per heavy atom. The summed E-state index contributed by atoms with van der Waals surface area (Å²) < 4.78 is 24.5. The highest BCUT2D eigenvalue weighted by atomic mass is 19.1. The van der Waals surface area contributed by atoms with Gasteiger partial charge in [0.1, 0.15) is 6.61 Å². The van der Waals surface area contributed by atoms with Crippen LogP contribution in [0.5, 0.6) is 5.75 Å². The molecule has 0 bridgehead atoms. The average molecular weight is 297 g/mol. The molecule has 0 unspecified atom stereocenters. The first kappa shape index (κ1) is 16.2. The molecule has 0 aliphatic heterocycles. The van der Waals surface area contributed by atoms with Gasteiger partial charge in [-0.1, -0.05) is 25.0 Å². The van der Waals surface area contributed by atoms with Crippen molar-refractivity contribution in [3.05, 3.63) is 29.6 Å². The molecule has 2 rings (SSSR count). The Balaban J connectivity index is 1.96. The molecule has 0 saturated heterocycles. The molecule has 0 aromatic heterocycles. The Hall–Kier alpha value is -1.17. The van der Waals surface area contributed by atoms with Crippen LogP contribution in [0.2, 0.25) is 0 Å². The van der Waals surface area contributed by atoms with E-state index in [0.717, 1.165) is 31.2 Å². The molecule has 0 atom stereocenters. The zero-order chi connectivity index (χ0) is 15.1. The second kappa shape index (κ2) is 7.73. The number of ether oxygens (including phenoxy) is 2. The Morgan fingerprint density at radius 1 is 1.33 bits per heavy atom. The van der Waals surface area contributed by atoms with Crippen molar-refractivity contribution < 1.29 is 19.0 Å². The molecule has 2 N–H and O–H groups in total. The van der Waals surface area contributed by atoms with Crippen LogP contribution < -0.4 is 10.1 Å². The number of hydrogen-bond donors (Lipinski definition) is 2. The van der Waals surface area contributed by atoms with Crippen LogP contribution in [0.25, 0.3) is 0 Å². The number of rotatable bonds is 8. The third-order valence-electron chi connectivity index (χ3n) is 3.87. The summed E-state index contributed by atoms with van der Waals surface area (Å²) in [5.41, 5.74) is -0.0454. The summed E-state index contributed by atoms with van der Waals surface area (Å²) >= 11 is 0. The van der Waals surface area contributed by atoms with E-state index >= 15 is 0 Å². The molecule has 0 heterocycles. The summed E-state index contributed by atoms with van der Waals surface area (Å²) in [4.78, 5) is 0. The fraction of sp³-hybridized carbons (Fsp3) is 0.625. The van der Waals surface area contributed by atoms with Gasteiger partial charge < -0.3 is 19.9 Å². The highest BCUT2D eigenvalue weighted by Gasteiger charge is 2.32. The SMILES string of the molecule is COCCNCc1cccc(F)c1OCC1(O)CCCC1. The second-order valence-electron chi connectivity index (χ2n) is 5.62. The fourth-order valence-corrected chi connectivity index (χ4v) is 2.64. The molecular weight excluding hydrogens is 273 g/mol. The molecule has 21 heavy (non-hydrogen) atoms. The van der Waals surface area contributed by atoms with Crippen molar-refractivity contribution >= 4 is 0 Å². The molecule has 0 spiro atoms. The summed E-state index contributed by atoms with van der Waals surface area (Å²) in [5, 5.41) is 13.5. The lowest BCUT2D eigenvalue weighted by atomic mass is 10.0. The predicted molar refractivity (Wildman–Crippen MR) is 78.9 cm³/mol. The van der Waals surface area contributed by atoms with Gasteiger partial charge in [-0.25, -0.2) is 4.39 Å². The van der Waals surface area contributed by atoms with E-state index in [1.807, 2.05) is 6.07 Å². The van der Waals surface area contributed by atoms with Gasteiger partial charge in [-0.2, -0.15) is 0 Å². The summed E-state index contributed by atoms with van der Waals surface area (Å²) in [6, 6.07) is 4.88. The van der Waals surface area contributed by atoms with E-state index in [0.29, 0.717) is 19.7 Å². The Bertz CT molecular complexity index is 447. The third-order valence-corrected chi connectivity index (χ3v) is 3.87. The fourth-order valence-electron chi connectivity index (χ4n) is 2.64. The number of aliphatic hydroxyl groups is 1. The van der Waals surface area contributed by atoms with Crippen LogP contribution in [0.15, 0.2) is 18.2 Å². The van der Waals surface area contributed by atoms with Crippen LogP contribution in [0, 0.1) is 5.82 Å². The topological polar surface area (TPSA) is 50.7 Å². The van der Waals surface area contributed by atoms with Gasteiger partial charge in [0.05, 0.1) is 12.2 Å². The summed E-state index contributed by atoms with van der Waals surface area (Å²) in [7, 11) is 1.64. The first-order valence-corrected chi connectivity index (χ1v) is 7.47. The van der Waals surface area contributed by atoms with Gasteiger partial charge >= 0.3 is 0 Å². The van der Waals surface area contributed by atoms with Crippen LogP contribution in [0.4, 0.5) is 4.39 Å². The third kappa shape index (κ3) is 4.66. The van der Waals surface area contributed by atoms with Crippen LogP contribution in [0.3, 0.4) is 0 Å². The molecule has 4 nitrogen and oxygen atoms in total. The highest BCUT2D eigenvalue weighted by Crippen LogP contribution is 2.31. The Labute approximate surface area is 125 Å². The molecule has 118 valence electrons. The summed E-state index contributed by atoms with van der Waals surface area (Å²) in [6.07, 6.45) is 3.46. The minimum absolute atomic E-state index is 0.152. The predicted octanol–water partition coefficient (Wildman–Crippen LogP) is 2.25. The Morgan fingerprint density at radius 3 is 2.81 bits per heavy atom. The molecule has 0 radical (unpaired) electrons. The van der Waals surface area contributed by atoms with Crippen LogP contribution >= 0.6 is 0 Å². The summed E-state index contributed by atoms with van der Waals surface area (Å²) in [6.45, 7) is 1.95. The molecule has 1 aliphatic carbocycles. The number of para-hydroxylation sites is 1. The van der Waals surface area contributed by atoms with E-state index in [-0.39, 0.29) is 18.2 Å². The normalized spacial score (nSPS) is 17.1. The van der Waals surface area contributed by atoms with Gasteiger partial charge in [-0.05, 0) is 18.9 Å². The average Bonchev–Trinajstić information content (AvgIpc) is 2.90. The lowest BCUT2D eigenvalue weighted by Crippen LogP contribution is -2.32. The van der Waals surface area contributed by atoms with E-state index < -0.39 is 5.60 Å². The van der Waals surface area contributed by atoms with Crippen LogP contribution in [0.1, 0.15) is 31.2 Å². The van der Waals surface area contributed by atoms with Crippen LogP contribution in [-0.4, -0.2) is 37.6 Å². The molecule has 1 fully saturated rings. The van der Waals surface area contributed by atoms with Crippen molar-refractivity contribution in [3.63, 3.8) is 0 Å². The van der Waals surface area contributed by atoms with Gasteiger partial charge in [0.15, 0.2) is 11.6 Å². The minimum Gasteiger partial charge on any atom is -0.487 e. The molecule has 5 heteroatoms. The number of halogens is 1. The van der Waals surface area contributed by atoms with E-state index in [2.05, 4.69) is 5.32 Å². The Kier molecular flexibility index (Phi) is 5.96. The lowest BCUT2D eigenvalue weighted by molar-refractivity contribution is 0.00000912. The standard InChI is InChI=1S/C16H24FNO3/c1-20-10-9-18-11-13-5-4-6-14(17)15(13)21-12-16(19)7-2-3-8-16/h4-6,18-19H,2-3,7-12H2,1H3. The van der Waals surface area contributed by atoms with E-state index in [4.69, 9.17) is 9.47 Å².